The highest BCUT2D eigenvalue weighted by molar-refractivity contribution is 7.88. The minimum atomic E-state index is -3.55. The van der Waals surface area contributed by atoms with Gasteiger partial charge in [0.1, 0.15) is 0 Å². The van der Waals surface area contributed by atoms with Crippen molar-refractivity contribution in [2.24, 2.45) is 11.1 Å². The van der Waals surface area contributed by atoms with Crippen LogP contribution < -0.4 is 5.73 Å². The average Bonchev–Trinajstić information content (AvgIpc) is 2.46. The standard InChI is InChI=1S/C15H24N2O4S.ClH/c1-15(2,10-16)11-17(3)22(19,20)9-12-7-5-6-8-13(12)14(18)21-4;/h5-8H,9-11,16H2,1-4H3;1H. The van der Waals surface area contributed by atoms with E-state index in [1.54, 1.807) is 24.3 Å². The van der Waals surface area contributed by atoms with Gasteiger partial charge in [0, 0.05) is 13.6 Å². The molecule has 0 heterocycles. The molecular weight excluding hydrogens is 340 g/mol. The first-order valence-corrected chi connectivity index (χ1v) is 8.54. The lowest BCUT2D eigenvalue weighted by molar-refractivity contribution is 0.0600. The van der Waals surface area contributed by atoms with Crippen molar-refractivity contribution in [3.63, 3.8) is 0 Å². The van der Waals surface area contributed by atoms with Gasteiger partial charge in [0.2, 0.25) is 10.0 Å². The predicted octanol–water partition coefficient (Wildman–Crippen LogP) is 1.64. The molecule has 1 aromatic rings. The molecule has 0 aliphatic rings. The Kier molecular flexibility index (Phi) is 8.20. The van der Waals surface area contributed by atoms with Crippen LogP contribution in [0.2, 0.25) is 0 Å². The van der Waals surface area contributed by atoms with Gasteiger partial charge in [-0.1, -0.05) is 32.0 Å². The van der Waals surface area contributed by atoms with Crippen molar-refractivity contribution in [3.05, 3.63) is 35.4 Å². The van der Waals surface area contributed by atoms with Crippen molar-refractivity contribution in [2.45, 2.75) is 19.6 Å². The zero-order chi connectivity index (χ0) is 17.0. The predicted molar refractivity (Wildman–Crippen MR) is 93.1 cm³/mol. The molecule has 0 saturated heterocycles. The Morgan fingerprint density at radius 2 is 1.87 bits per heavy atom. The molecule has 23 heavy (non-hydrogen) atoms. The zero-order valence-electron chi connectivity index (χ0n) is 13.9. The van der Waals surface area contributed by atoms with E-state index >= 15 is 0 Å². The minimum absolute atomic E-state index is 0. The van der Waals surface area contributed by atoms with Crippen molar-refractivity contribution in [2.75, 3.05) is 27.2 Å². The fourth-order valence-corrected chi connectivity index (χ4v) is 3.44. The van der Waals surface area contributed by atoms with Gasteiger partial charge in [-0.2, -0.15) is 0 Å². The highest BCUT2D eigenvalue weighted by Gasteiger charge is 2.27. The van der Waals surface area contributed by atoms with E-state index in [1.165, 1.54) is 18.5 Å². The maximum Gasteiger partial charge on any atom is 0.338 e. The molecule has 0 aromatic heterocycles. The van der Waals surface area contributed by atoms with E-state index < -0.39 is 16.0 Å². The number of nitrogens with two attached hydrogens (primary N) is 1. The van der Waals surface area contributed by atoms with Crippen LogP contribution >= 0.6 is 12.4 Å². The van der Waals surface area contributed by atoms with Crippen LogP contribution in [0.25, 0.3) is 0 Å². The maximum atomic E-state index is 12.5. The maximum absolute atomic E-state index is 12.5. The number of benzene rings is 1. The Bertz CT molecular complexity index is 632. The summed E-state index contributed by atoms with van der Waals surface area (Å²) < 4.78 is 31.0. The number of rotatable bonds is 7. The summed E-state index contributed by atoms with van der Waals surface area (Å²) in [6.07, 6.45) is 0. The van der Waals surface area contributed by atoms with Crippen LogP contribution in [0.3, 0.4) is 0 Å². The van der Waals surface area contributed by atoms with Crippen LogP contribution in [0.15, 0.2) is 24.3 Å². The summed E-state index contributed by atoms with van der Waals surface area (Å²) in [6.45, 7) is 4.50. The summed E-state index contributed by atoms with van der Waals surface area (Å²) in [5.41, 5.74) is 6.02. The zero-order valence-corrected chi connectivity index (χ0v) is 15.5. The number of carbonyl (C=O) groups is 1. The lowest BCUT2D eigenvalue weighted by Gasteiger charge is -2.28. The van der Waals surface area contributed by atoms with Gasteiger partial charge in [0.15, 0.2) is 0 Å². The number of ether oxygens (including phenoxy) is 1. The third-order valence-electron chi connectivity index (χ3n) is 3.44. The number of hydrogen-bond acceptors (Lipinski definition) is 5. The molecule has 2 N–H and O–H groups in total. The van der Waals surface area contributed by atoms with Gasteiger partial charge in [-0.15, -0.1) is 12.4 Å². The van der Waals surface area contributed by atoms with Crippen molar-refractivity contribution >= 4 is 28.4 Å². The normalized spacial score (nSPS) is 11.9. The van der Waals surface area contributed by atoms with Gasteiger partial charge in [-0.3, -0.25) is 0 Å². The first-order valence-electron chi connectivity index (χ1n) is 6.93. The van der Waals surface area contributed by atoms with E-state index in [2.05, 4.69) is 4.74 Å². The molecule has 0 amide bonds. The number of hydrogen-bond donors (Lipinski definition) is 1. The third kappa shape index (κ3) is 6.10. The highest BCUT2D eigenvalue weighted by atomic mass is 35.5. The summed E-state index contributed by atoms with van der Waals surface area (Å²) >= 11 is 0. The van der Waals surface area contributed by atoms with Crippen LogP contribution in [0, 0.1) is 5.41 Å². The molecule has 0 aliphatic heterocycles. The second-order valence-electron chi connectivity index (χ2n) is 6.03. The highest BCUT2D eigenvalue weighted by Crippen LogP contribution is 2.20. The molecule has 0 unspecified atom stereocenters. The van der Waals surface area contributed by atoms with Crippen molar-refractivity contribution in [1.29, 1.82) is 0 Å². The lowest BCUT2D eigenvalue weighted by Crippen LogP contribution is -2.40. The lowest BCUT2D eigenvalue weighted by atomic mass is 9.94. The summed E-state index contributed by atoms with van der Waals surface area (Å²) in [5.74, 6) is -0.800. The summed E-state index contributed by atoms with van der Waals surface area (Å²) in [4.78, 5) is 11.7. The Hall–Kier alpha value is -1.15. The molecule has 0 aliphatic carbocycles. The van der Waals surface area contributed by atoms with Crippen LogP contribution in [0.1, 0.15) is 29.8 Å². The third-order valence-corrected chi connectivity index (χ3v) is 5.19. The molecular formula is C15H25ClN2O4S. The van der Waals surface area contributed by atoms with Gasteiger partial charge in [0.05, 0.1) is 18.4 Å². The summed E-state index contributed by atoms with van der Waals surface area (Å²) in [6, 6.07) is 6.54. The molecule has 8 heteroatoms. The molecule has 1 rings (SSSR count). The fourth-order valence-electron chi connectivity index (χ4n) is 2.03. The van der Waals surface area contributed by atoms with E-state index in [0.717, 1.165) is 0 Å². The second kappa shape index (κ2) is 8.63. The van der Waals surface area contributed by atoms with Gasteiger partial charge in [-0.05, 0) is 23.6 Å². The molecule has 0 atom stereocenters. The number of esters is 1. The van der Waals surface area contributed by atoms with Gasteiger partial charge >= 0.3 is 5.97 Å². The fraction of sp³-hybridized carbons (Fsp3) is 0.533. The SMILES string of the molecule is COC(=O)c1ccccc1CS(=O)(=O)N(C)CC(C)(C)CN.Cl. The van der Waals surface area contributed by atoms with E-state index in [4.69, 9.17) is 5.73 Å². The molecule has 1 aromatic carbocycles. The Morgan fingerprint density at radius 1 is 1.30 bits per heavy atom. The van der Waals surface area contributed by atoms with E-state index in [9.17, 15) is 13.2 Å². The quantitative estimate of drug-likeness (QED) is 0.743. The van der Waals surface area contributed by atoms with Crippen molar-refractivity contribution in [3.8, 4) is 0 Å². The van der Waals surface area contributed by atoms with Crippen molar-refractivity contribution in [1.82, 2.24) is 4.31 Å². The monoisotopic (exact) mass is 364 g/mol. The number of sulfonamides is 1. The first kappa shape index (κ1) is 21.9. The number of methoxy groups -OCH3 is 1. The molecule has 0 fully saturated rings. The van der Waals surface area contributed by atoms with E-state index in [0.29, 0.717) is 18.7 Å². The average molecular weight is 365 g/mol. The van der Waals surface area contributed by atoms with E-state index in [-0.39, 0.29) is 29.1 Å². The van der Waals surface area contributed by atoms with Crippen LogP contribution in [-0.4, -0.2) is 45.9 Å². The van der Waals surface area contributed by atoms with Crippen LogP contribution in [0.5, 0.6) is 0 Å². The number of nitrogens with zero attached hydrogens (tertiary/aromatic N) is 1. The Labute approximate surface area is 144 Å². The minimum Gasteiger partial charge on any atom is -0.465 e. The number of halogens is 1. The second-order valence-corrected chi connectivity index (χ2v) is 8.11. The van der Waals surface area contributed by atoms with Crippen molar-refractivity contribution < 1.29 is 17.9 Å². The first-order chi connectivity index (χ1) is 10.1. The molecule has 6 nitrogen and oxygen atoms in total. The smallest absolute Gasteiger partial charge is 0.338 e. The summed E-state index contributed by atoms with van der Waals surface area (Å²) in [5, 5.41) is 0. The van der Waals surface area contributed by atoms with Gasteiger partial charge in [-0.25, -0.2) is 17.5 Å². The van der Waals surface area contributed by atoms with E-state index in [1.807, 2.05) is 13.8 Å². The molecule has 0 bridgehead atoms. The number of carbonyl (C=O) groups excluding carboxylic acids is 1. The van der Waals surface area contributed by atoms with Gasteiger partial charge < -0.3 is 10.5 Å². The molecule has 0 spiro atoms. The van der Waals surface area contributed by atoms with Gasteiger partial charge in [0.25, 0.3) is 0 Å². The molecule has 132 valence electrons. The molecule has 0 saturated carbocycles. The largest absolute Gasteiger partial charge is 0.465 e. The Morgan fingerprint density at radius 3 is 2.39 bits per heavy atom. The van der Waals surface area contributed by atoms with Crippen LogP contribution in [-0.2, 0) is 20.5 Å². The molecule has 0 radical (unpaired) electrons. The summed E-state index contributed by atoms with van der Waals surface area (Å²) in [7, 11) is -0.762. The van der Waals surface area contributed by atoms with Crippen LogP contribution in [0.4, 0.5) is 0 Å². The Balaban J connectivity index is 0.00000484. The topological polar surface area (TPSA) is 89.7 Å².